The van der Waals surface area contributed by atoms with Gasteiger partial charge in [-0.05, 0) is 32.9 Å². The summed E-state index contributed by atoms with van der Waals surface area (Å²) >= 11 is 1.75. The van der Waals surface area contributed by atoms with Gasteiger partial charge in [0.05, 0.1) is 5.39 Å². The normalized spacial score (nSPS) is 18.4. The number of rotatable bonds is 5. The van der Waals surface area contributed by atoms with Crippen LogP contribution in [0.15, 0.2) is 6.33 Å². The van der Waals surface area contributed by atoms with Crippen LogP contribution in [-0.2, 0) is 0 Å². The van der Waals surface area contributed by atoms with Crippen LogP contribution < -0.4 is 5.32 Å². The highest BCUT2D eigenvalue weighted by Gasteiger charge is 2.20. The minimum Gasteiger partial charge on any atom is -0.368 e. The Kier molecular flexibility index (Phi) is 5.14. The van der Waals surface area contributed by atoms with Gasteiger partial charge in [0.1, 0.15) is 17.0 Å². The zero-order valence-electron chi connectivity index (χ0n) is 14.6. The smallest absolute Gasteiger partial charge is 0.138 e. The van der Waals surface area contributed by atoms with E-state index in [1.165, 1.54) is 28.9 Å². The van der Waals surface area contributed by atoms with Gasteiger partial charge in [0.2, 0.25) is 0 Å². The molecular weight excluding hydrogens is 306 g/mol. The Bertz CT molecular complexity index is 660. The molecule has 6 heteroatoms. The van der Waals surface area contributed by atoms with Crippen LogP contribution in [0.4, 0.5) is 5.82 Å². The Morgan fingerprint density at radius 3 is 2.65 bits per heavy atom. The maximum Gasteiger partial charge on any atom is 0.138 e. The van der Waals surface area contributed by atoms with E-state index in [1.54, 1.807) is 17.7 Å². The number of anilines is 1. The molecule has 0 spiro atoms. The summed E-state index contributed by atoms with van der Waals surface area (Å²) in [5.41, 5.74) is 1.30. The monoisotopic (exact) mass is 333 g/mol. The van der Waals surface area contributed by atoms with E-state index in [2.05, 4.69) is 52.8 Å². The van der Waals surface area contributed by atoms with E-state index < -0.39 is 0 Å². The molecule has 23 heavy (non-hydrogen) atoms. The van der Waals surface area contributed by atoms with Crippen molar-refractivity contribution < 1.29 is 0 Å². The lowest BCUT2D eigenvalue weighted by atomic mass is 10.2. The van der Waals surface area contributed by atoms with Gasteiger partial charge < -0.3 is 10.2 Å². The Hall–Kier alpha value is -1.24. The number of fused-ring (bicyclic) bond motifs is 1. The van der Waals surface area contributed by atoms with Crippen molar-refractivity contribution >= 4 is 27.4 Å². The van der Waals surface area contributed by atoms with E-state index in [0.717, 1.165) is 36.8 Å². The number of nitrogens with one attached hydrogen (secondary N) is 1. The second-order valence-corrected chi connectivity index (χ2v) is 7.59. The van der Waals surface area contributed by atoms with Crippen LogP contribution in [0.1, 0.15) is 24.3 Å². The van der Waals surface area contributed by atoms with Crippen LogP contribution >= 0.6 is 11.3 Å². The number of aryl methyl sites for hydroxylation is 2. The largest absolute Gasteiger partial charge is 0.368 e. The zero-order valence-corrected chi connectivity index (χ0v) is 15.4. The molecule has 0 amide bonds. The first-order chi connectivity index (χ1) is 11.1. The van der Waals surface area contributed by atoms with Crippen molar-refractivity contribution in [1.82, 2.24) is 19.8 Å². The topological polar surface area (TPSA) is 44.3 Å². The Balaban J connectivity index is 1.64. The first kappa shape index (κ1) is 16.6. The molecule has 0 aliphatic carbocycles. The second-order valence-electron chi connectivity index (χ2n) is 6.39. The Morgan fingerprint density at radius 1 is 1.22 bits per heavy atom. The molecule has 0 unspecified atom stereocenters. The Labute approximate surface area is 142 Å². The number of nitrogens with zero attached hydrogens (tertiary/aromatic N) is 4. The molecule has 126 valence electrons. The standard InChI is InChI=1S/C17H27N5S/c1-5-21-6-8-22(9-7-21)12(2)10-18-16-15-13(3)14(4)23-17(15)20-11-19-16/h11-12H,5-10H2,1-4H3,(H,18,19,20)/t12-/m0/s1. The molecule has 0 aromatic carbocycles. The number of aromatic nitrogens is 2. The van der Waals surface area contributed by atoms with Crippen LogP contribution in [0.25, 0.3) is 10.2 Å². The van der Waals surface area contributed by atoms with Crippen molar-refractivity contribution in [3.05, 3.63) is 16.8 Å². The van der Waals surface area contributed by atoms with Crippen molar-refractivity contribution in [3.63, 3.8) is 0 Å². The van der Waals surface area contributed by atoms with E-state index in [-0.39, 0.29) is 0 Å². The second kappa shape index (κ2) is 7.11. The highest BCUT2D eigenvalue weighted by molar-refractivity contribution is 7.18. The lowest BCUT2D eigenvalue weighted by molar-refractivity contribution is 0.110. The lowest BCUT2D eigenvalue weighted by Gasteiger charge is -2.37. The summed E-state index contributed by atoms with van der Waals surface area (Å²) in [7, 11) is 0. The number of piperazine rings is 1. The summed E-state index contributed by atoms with van der Waals surface area (Å²) in [5.74, 6) is 0.982. The molecule has 0 bridgehead atoms. The molecule has 1 N–H and O–H groups in total. The number of hydrogen-bond donors (Lipinski definition) is 1. The van der Waals surface area contributed by atoms with E-state index in [1.807, 2.05) is 0 Å². The average molecular weight is 334 g/mol. The third kappa shape index (κ3) is 3.49. The van der Waals surface area contributed by atoms with Crippen molar-refractivity contribution in [2.24, 2.45) is 0 Å². The van der Waals surface area contributed by atoms with Crippen molar-refractivity contribution in [2.75, 3.05) is 44.6 Å². The van der Waals surface area contributed by atoms with Gasteiger partial charge in [-0.2, -0.15) is 0 Å². The molecule has 3 heterocycles. The van der Waals surface area contributed by atoms with Crippen LogP contribution in [0, 0.1) is 13.8 Å². The maximum absolute atomic E-state index is 4.48. The predicted molar refractivity (Wildman–Crippen MR) is 98.5 cm³/mol. The molecule has 0 saturated carbocycles. The summed E-state index contributed by atoms with van der Waals surface area (Å²) in [4.78, 5) is 16.4. The summed E-state index contributed by atoms with van der Waals surface area (Å²) in [6, 6.07) is 0.513. The fourth-order valence-electron chi connectivity index (χ4n) is 3.21. The van der Waals surface area contributed by atoms with Gasteiger partial charge in [0.15, 0.2) is 0 Å². The Morgan fingerprint density at radius 2 is 1.96 bits per heavy atom. The summed E-state index contributed by atoms with van der Waals surface area (Å²) in [5, 5.41) is 4.76. The first-order valence-corrected chi connectivity index (χ1v) is 9.32. The molecule has 0 radical (unpaired) electrons. The van der Waals surface area contributed by atoms with Crippen LogP contribution in [0.2, 0.25) is 0 Å². The minimum atomic E-state index is 0.513. The van der Waals surface area contributed by atoms with Gasteiger partial charge in [0, 0.05) is 43.6 Å². The summed E-state index contributed by atoms with van der Waals surface area (Å²) in [6.07, 6.45) is 1.67. The van der Waals surface area contributed by atoms with Crippen LogP contribution in [-0.4, -0.2) is 65.1 Å². The van der Waals surface area contributed by atoms with E-state index in [4.69, 9.17) is 0 Å². The van der Waals surface area contributed by atoms with Crippen LogP contribution in [0.3, 0.4) is 0 Å². The highest BCUT2D eigenvalue weighted by atomic mass is 32.1. The van der Waals surface area contributed by atoms with Crippen molar-refractivity contribution in [3.8, 4) is 0 Å². The molecule has 3 rings (SSSR count). The molecular formula is C17H27N5S. The van der Waals surface area contributed by atoms with E-state index in [0.29, 0.717) is 6.04 Å². The molecule has 2 aromatic heterocycles. The molecule has 5 nitrogen and oxygen atoms in total. The SMILES string of the molecule is CCN1CCN([C@@H](C)CNc2ncnc3sc(C)c(C)c23)CC1. The third-order valence-corrected chi connectivity index (χ3v) is 6.12. The fourth-order valence-corrected chi connectivity index (χ4v) is 4.21. The molecule has 1 fully saturated rings. The number of thiophene rings is 1. The van der Waals surface area contributed by atoms with Gasteiger partial charge in [0.25, 0.3) is 0 Å². The van der Waals surface area contributed by atoms with Gasteiger partial charge in [-0.25, -0.2) is 9.97 Å². The van der Waals surface area contributed by atoms with E-state index in [9.17, 15) is 0 Å². The first-order valence-electron chi connectivity index (χ1n) is 8.51. The average Bonchev–Trinajstić information content (AvgIpc) is 2.88. The van der Waals surface area contributed by atoms with E-state index >= 15 is 0 Å². The number of hydrogen-bond acceptors (Lipinski definition) is 6. The highest BCUT2D eigenvalue weighted by Crippen LogP contribution is 2.32. The molecule has 2 aromatic rings. The molecule has 1 aliphatic rings. The maximum atomic E-state index is 4.48. The molecule has 1 atom stereocenters. The number of likely N-dealkylation sites (N-methyl/N-ethyl adjacent to an activating group) is 1. The minimum absolute atomic E-state index is 0.513. The summed E-state index contributed by atoms with van der Waals surface area (Å²) < 4.78 is 0. The predicted octanol–water partition coefficient (Wildman–Crippen LogP) is 2.75. The van der Waals surface area contributed by atoms with Gasteiger partial charge in [-0.1, -0.05) is 6.92 Å². The lowest BCUT2D eigenvalue weighted by Crippen LogP contribution is -2.51. The molecule has 1 aliphatic heterocycles. The van der Waals surface area contributed by atoms with Gasteiger partial charge in [-0.15, -0.1) is 11.3 Å². The van der Waals surface area contributed by atoms with Gasteiger partial charge >= 0.3 is 0 Å². The molecule has 1 saturated heterocycles. The van der Waals surface area contributed by atoms with Crippen LogP contribution in [0.5, 0.6) is 0 Å². The van der Waals surface area contributed by atoms with Crippen molar-refractivity contribution in [2.45, 2.75) is 33.7 Å². The van der Waals surface area contributed by atoms with Crippen molar-refractivity contribution in [1.29, 1.82) is 0 Å². The third-order valence-electron chi connectivity index (χ3n) is 5.01. The zero-order chi connectivity index (χ0) is 16.4. The fraction of sp³-hybridized carbons (Fsp3) is 0.647. The van der Waals surface area contributed by atoms with Gasteiger partial charge in [-0.3, -0.25) is 4.90 Å². The summed E-state index contributed by atoms with van der Waals surface area (Å²) in [6.45, 7) is 15.6. The quantitative estimate of drug-likeness (QED) is 0.911.